The molecule has 3 nitrogen and oxygen atoms in total. The average Bonchev–Trinajstić information content (AvgIpc) is 3.26. The summed E-state index contributed by atoms with van der Waals surface area (Å²) < 4.78 is 30.5. The molecule has 1 atom stereocenters. The Bertz CT molecular complexity index is 1480. The predicted octanol–water partition coefficient (Wildman–Crippen LogP) is 6.81. The van der Waals surface area contributed by atoms with Crippen LogP contribution in [0.2, 0.25) is 0 Å². The van der Waals surface area contributed by atoms with Gasteiger partial charge >= 0.3 is 0 Å². The maximum absolute atomic E-state index is 15.0. The zero-order chi connectivity index (χ0) is 24.9. The van der Waals surface area contributed by atoms with Crippen LogP contribution in [0.4, 0.5) is 8.78 Å². The number of nitrogens with one attached hydrogen (secondary N) is 1. The SMILES string of the molecule is O=C(C[C@@H](c1ccccc1F)c1cn(Cc2ccc(F)cc2)c2ccccc12)NCc1ccccc1. The molecule has 0 saturated heterocycles. The van der Waals surface area contributed by atoms with Crippen molar-refractivity contribution in [1.82, 2.24) is 9.88 Å². The monoisotopic (exact) mass is 480 g/mol. The molecule has 5 aromatic rings. The molecule has 5 rings (SSSR count). The Hall–Kier alpha value is -4.25. The molecule has 1 aromatic heterocycles. The van der Waals surface area contributed by atoms with Crippen molar-refractivity contribution in [1.29, 1.82) is 0 Å². The van der Waals surface area contributed by atoms with Crippen LogP contribution in [0.1, 0.15) is 34.6 Å². The molecule has 0 aliphatic carbocycles. The maximum Gasteiger partial charge on any atom is 0.221 e. The Morgan fingerprint density at radius 2 is 1.44 bits per heavy atom. The van der Waals surface area contributed by atoms with Gasteiger partial charge in [-0.3, -0.25) is 4.79 Å². The third-order valence-electron chi connectivity index (χ3n) is 6.46. The van der Waals surface area contributed by atoms with Gasteiger partial charge < -0.3 is 9.88 Å². The first-order valence-corrected chi connectivity index (χ1v) is 12.0. The van der Waals surface area contributed by atoms with Crippen LogP contribution < -0.4 is 5.32 Å². The van der Waals surface area contributed by atoms with Crippen molar-refractivity contribution >= 4 is 16.8 Å². The molecular formula is C31H26F2N2O. The number of hydrogen-bond donors (Lipinski definition) is 1. The van der Waals surface area contributed by atoms with Crippen LogP contribution in [-0.2, 0) is 17.9 Å². The third kappa shape index (κ3) is 5.20. The number of benzene rings is 4. The van der Waals surface area contributed by atoms with E-state index in [0.717, 1.165) is 27.6 Å². The predicted molar refractivity (Wildman–Crippen MR) is 139 cm³/mol. The Morgan fingerprint density at radius 3 is 2.22 bits per heavy atom. The summed E-state index contributed by atoms with van der Waals surface area (Å²) >= 11 is 0. The summed E-state index contributed by atoms with van der Waals surface area (Å²) in [5.74, 6) is -1.24. The molecule has 180 valence electrons. The third-order valence-corrected chi connectivity index (χ3v) is 6.46. The number of rotatable bonds is 8. The lowest BCUT2D eigenvalue weighted by Gasteiger charge is -2.18. The van der Waals surface area contributed by atoms with Gasteiger partial charge in [0.15, 0.2) is 0 Å². The van der Waals surface area contributed by atoms with E-state index in [4.69, 9.17) is 0 Å². The molecule has 0 unspecified atom stereocenters. The summed E-state index contributed by atoms with van der Waals surface area (Å²) in [6.07, 6.45) is 2.11. The minimum atomic E-state index is -0.471. The minimum absolute atomic E-state index is 0.109. The van der Waals surface area contributed by atoms with Crippen LogP contribution in [0.25, 0.3) is 10.9 Å². The highest BCUT2D eigenvalue weighted by atomic mass is 19.1. The standard InChI is InChI=1S/C31H26F2N2O/c32-24-16-14-23(15-17-24)20-35-21-28(26-11-5-7-13-30(26)35)27(25-10-4-6-12-29(25)33)18-31(36)34-19-22-8-2-1-3-9-22/h1-17,21,27H,18-20H2,(H,34,36)/t27-/m0/s1. The Morgan fingerprint density at radius 1 is 0.750 bits per heavy atom. The quantitative estimate of drug-likeness (QED) is 0.260. The second-order valence-corrected chi connectivity index (χ2v) is 8.90. The number of carbonyl (C=O) groups is 1. The van der Waals surface area contributed by atoms with E-state index in [0.29, 0.717) is 18.7 Å². The number of fused-ring (bicyclic) bond motifs is 1. The molecule has 0 aliphatic heterocycles. The smallest absolute Gasteiger partial charge is 0.221 e. The van der Waals surface area contributed by atoms with Gasteiger partial charge in [-0.1, -0.05) is 78.9 Å². The number of para-hydroxylation sites is 1. The average molecular weight is 481 g/mol. The Kier molecular flexibility index (Phi) is 6.89. The molecule has 0 saturated carbocycles. The van der Waals surface area contributed by atoms with Gasteiger partial charge in [0.1, 0.15) is 11.6 Å². The first kappa shape index (κ1) is 23.5. The zero-order valence-electron chi connectivity index (χ0n) is 19.7. The Labute approximate surface area is 209 Å². The van der Waals surface area contributed by atoms with Crippen molar-refractivity contribution in [3.8, 4) is 0 Å². The first-order valence-electron chi connectivity index (χ1n) is 12.0. The number of aromatic nitrogens is 1. The second-order valence-electron chi connectivity index (χ2n) is 8.90. The number of nitrogens with zero attached hydrogens (tertiary/aromatic N) is 1. The van der Waals surface area contributed by atoms with E-state index < -0.39 is 5.92 Å². The number of halogens is 2. The fourth-order valence-corrected chi connectivity index (χ4v) is 4.67. The van der Waals surface area contributed by atoms with Gasteiger partial charge in [0.2, 0.25) is 5.91 Å². The van der Waals surface area contributed by atoms with Crippen molar-refractivity contribution in [2.45, 2.75) is 25.4 Å². The van der Waals surface area contributed by atoms with Crippen LogP contribution in [0.5, 0.6) is 0 Å². The van der Waals surface area contributed by atoms with Crippen molar-refractivity contribution < 1.29 is 13.6 Å². The van der Waals surface area contributed by atoms with Gasteiger partial charge in [0, 0.05) is 42.5 Å². The van der Waals surface area contributed by atoms with Gasteiger partial charge in [0.05, 0.1) is 0 Å². The van der Waals surface area contributed by atoms with E-state index in [1.165, 1.54) is 18.2 Å². The lowest BCUT2D eigenvalue weighted by molar-refractivity contribution is -0.121. The van der Waals surface area contributed by atoms with E-state index >= 15 is 4.39 Å². The molecule has 5 heteroatoms. The Balaban J connectivity index is 1.50. The van der Waals surface area contributed by atoms with Gasteiger partial charge in [-0.2, -0.15) is 0 Å². The van der Waals surface area contributed by atoms with Crippen LogP contribution in [0.3, 0.4) is 0 Å². The summed E-state index contributed by atoms with van der Waals surface area (Å²) in [6, 6.07) is 30.7. The fraction of sp³-hybridized carbons (Fsp3) is 0.129. The fourth-order valence-electron chi connectivity index (χ4n) is 4.67. The van der Waals surface area contributed by atoms with E-state index in [2.05, 4.69) is 9.88 Å². The van der Waals surface area contributed by atoms with Crippen molar-refractivity contribution in [2.24, 2.45) is 0 Å². The molecule has 1 amide bonds. The summed E-state index contributed by atoms with van der Waals surface area (Å²) in [4.78, 5) is 13.1. The lowest BCUT2D eigenvalue weighted by atomic mass is 9.87. The van der Waals surface area contributed by atoms with E-state index in [9.17, 15) is 9.18 Å². The molecule has 0 fully saturated rings. The van der Waals surface area contributed by atoms with E-state index in [-0.39, 0.29) is 24.0 Å². The van der Waals surface area contributed by atoms with Crippen LogP contribution in [0, 0.1) is 11.6 Å². The number of carbonyl (C=O) groups excluding carboxylic acids is 1. The molecule has 1 heterocycles. The number of amides is 1. The van der Waals surface area contributed by atoms with E-state index in [1.54, 1.807) is 30.3 Å². The summed E-state index contributed by atoms with van der Waals surface area (Å²) in [5, 5.41) is 3.95. The minimum Gasteiger partial charge on any atom is -0.352 e. The highest BCUT2D eigenvalue weighted by Crippen LogP contribution is 2.36. The van der Waals surface area contributed by atoms with Gasteiger partial charge in [0.25, 0.3) is 0 Å². The molecule has 36 heavy (non-hydrogen) atoms. The molecule has 4 aromatic carbocycles. The van der Waals surface area contributed by atoms with Crippen molar-refractivity contribution in [3.63, 3.8) is 0 Å². The van der Waals surface area contributed by atoms with Crippen LogP contribution in [-0.4, -0.2) is 10.5 Å². The van der Waals surface area contributed by atoms with Crippen molar-refractivity contribution in [3.05, 3.63) is 143 Å². The van der Waals surface area contributed by atoms with Crippen LogP contribution >= 0.6 is 0 Å². The molecule has 1 N–H and O–H groups in total. The highest BCUT2D eigenvalue weighted by Gasteiger charge is 2.25. The highest BCUT2D eigenvalue weighted by molar-refractivity contribution is 5.86. The maximum atomic E-state index is 15.0. The summed E-state index contributed by atoms with van der Waals surface area (Å²) in [6.45, 7) is 0.945. The molecular weight excluding hydrogens is 454 g/mol. The van der Waals surface area contributed by atoms with Gasteiger partial charge in [-0.05, 0) is 46.5 Å². The van der Waals surface area contributed by atoms with E-state index in [1.807, 2.05) is 60.8 Å². The molecule has 0 aliphatic rings. The largest absolute Gasteiger partial charge is 0.352 e. The zero-order valence-corrected chi connectivity index (χ0v) is 19.7. The normalized spacial score (nSPS) is 11.9. The van der Waals surface area contributed by atoms with Gasteiger partial charge in [-0.25, -0.2) is 8.78 Å². The molecule has 0 spiro atoms. The lowest BCUT2D eigenvalue weighted by Crippen LogP contribution is -2.25. The van der Waals surface area contributed by atoms with Crippen LogP contribution in [0.15, 0.2) is 109 Å². The summed E-state index contributed by atoms with van der Waals surface area (Å²) in [5.41, 5.74) is 4.29. The topological polar surface area (TPSA) is 34.0 Å². The molecule has 0 radical (unpaired) electrons. The van der Waals surface area contributed by atoms with Gasteiger partial charge in [-0.15, -0.1) is 0 Å². The molecule has 0 bridgehead atoms. The summed E-state index contributed by atoms with van der Waals surface area (Å²) in [7, 11) is 0. The van der Waals surface area contributed by atoms with Crippen molar-refractivity contribution in [2.75, 3.05) is 0 Å². The second kappa shape index (κ2) is 10.6. The number of hydrogen-bond acceptors (Lipinski definition) is 1. The first-order chi connectivity index (χ1) is 17.6.